The summed E-state index contributed by atoms with van der Waals surface area (Å²) in [4.78, 5) is 37.4. The Hall–Kier alpha value is -2.38. The molecule has 0 radical (unpaired) electrons. The van der Waals surface area contributed by atoms with Crippen LogP contribution in [-0.2, 0) is 16.0 Å². The number of fused-ring (bicyclic) bond motifs is 1. The summed E-state index contributed by atoms with van der Waals surface area (Å²) in [6, 6.07) is 7.49. The van der Waals surface area contributed by atoms with Gasteiger partial charge in [-0.05, 0) is 18.1 Å². The van der Waals surface area contributed by atoms with Crippen LogP contribution in [0.5, 0.6) is 0 Å². The minimum absolute atomic E-state index is 0.0837. The maximum absolute atomic E-state index is 12.3. The first-order valence-corrected chi connectivity index (χ1v) is 8.48. The van der Waals surface area contributed by atoms with Crippen LogP contribution in [0.2, 0.25) is 5.02 Å². The van der Waals surface area contributed by atoms with Gasteiger partial charge in [0.1, 0.15) is 11.5 Å². The zero-order chi connectivity index (χ0) is 17.3. The van der Waals surface area contributed by atoms with Crippen LogP contribution in [0.1, 0.15) is 22.3 Å². The van der Waals surface area contributed by atoms with Crippen LogP contribution < -0.4 is 16.0 Å². The van der Waals surface area contributed by atoms with Gasteiger partial charge < -0.3 is 16.0 Å². The molecule has 6 nitrogen and oxygen atoms in total. The van der Waals surface area contributed by atoms with Gasteiger partial charge in [0, 0.05) is 17.5 Å². The topological polar surface area (TPSA) is 92.5 Å². The molecule has 3 N–H and O–H groups in total. The van der Waals surface area contributed by atoms with Crippen molar-refractivity contribution in [1.29, 1.82) is 0 Å². The standard InChI is InChI=1S/C16H14ClN3O3S/c17-10-8-24-16(14(10)15(18)23)19-12(21)7-20-11-4-2-1-3-9(11)5-6-13(20)22/h1-4,8H,5-7H2,(H2,18,23)(H,19,21). The molecular weight excluding hydrogens is 350 g/mol. The largest absolute Gasteiger partial charge is 0.365 e. The Labute approximate surface area is 147 Å². The Bertz CT molecular complexity index is 834. The Morgan fingerprint density at radius 2 is 2.04 bits per heavy atom. The number of thiophene rings is 1. The molecule has 124 valence electrons. The van der Waals surface area contributed by atoms with Gasteiger partial charge in [-0.3, -0.25) is 14.4 Å². The Kier molecular flexibility index (Phi) is 4.55. The van der Waals surface area contributed by atoms with E-state index >= 15 is 0 Å². The summed E-state index contributed by atoms with van der Waals surface area (Å²) in [7, 11) is 0. The second kappa shape index (κ2) is 6.62. The Morgan fingerprint density at radius 3 is 2.79 bits per heavy atom. The molecule has 0 saturated carbocycles. The van der Waals surface area contributed by atoms with Gasteiger partial charge in [-0.25, -0.2) is 0 Å². The summed E-state index contributed by atoms with van der Waals surface area (Å²) < 4.78 is 0. The van der Waals surface area contributed by atoms with E-state index in [2.05, 4.69) is 5.32 Å². The lowest BCUT2D eigenvalue weighted by molar-refractivity contribution is -0.121. The zero-order valence-electron chi connectivity index (χ0n) is 12.5. The van der Waals surface area contributed by atoms with Gasteiger partial charge in [0.15, 0.2) is 0 Å². The molecule has 1 aromatic heterocycles. The second-order valence-electron chi connectivity index (χ2n) is 5.31. The van der Waals surface area contributed by atoms with Crippen molar-refractivity contribution in [2.45, 2.75) is 12.8 Å². The predicted molar refractivity (Wildman–Crippen MR) is 93.6 cm³/mol. The van der Waals surface area contributed by atoms with Crippen LogP contribution in [0.25, 0.3) is 0 Å². The lowest BCUT2D eigenvalue weighted by Gasteiger charge is -2.28. The van der Waals surface area contributed by atoms with E-state index in [9.17, 15) is 14.4 Å². The van der Waals surface area contributed by atoms with Crippen molar-refractivity contribution < 1.29 is 14.4 Å². The molecule has 0 aliphatic carbocycles. The first-order chi connectivity index (χ1) is 11.5. The minimum Gasteiger partial charge on any atom is -0.365 e. The summed E-state index contributed by atoms with van der Waals surface area (Å²) in [5.74, 6) is -1.24. The molecular formula is C16H14ClN3O3S. The van der Waals surface area contributed by atoms with E-state index in [4.69, 9.17) is 17.3 Å². The average molecular weight is 364 g/mol. The van der Waals surface area contributed by atoms with Gasteiger partial charge in [0.05, 0.1) is 10.6 Å². The van der Waals surface area contributed by atoms with Crippen molar-refractivity contribution in [3.05, 3.63) is 45.8 Å². The third-order valence-corrected chi connectivity index (χ3v) is 5.06. The highest BCUT2D eigenvalue weighted by molar-refractivity contribution is 7.15. The summed E-state index contributed by atoms with van der Waals surface area (Å²) in [6.07, 6.45) is 1.03. The number of amides is 3. The summed E-state index contributed by atoms with van der Waals surface area (Å²) in [6.45, 7) is -0.135. The van der Waals surface area contributed by atoms with Crippen LogP contribution in [0, 0.1) is 0 Å². The number of benzene rings is 1. The molecule has 0 bridgehead atoms. The normalized spacial score (nSPS) is 13.5. The molecule has 0 fully saturated rings. The molecule has 1 aliphatic rings. The number of hydrogen-bond acceptors (Lipinski definition) is 4. The zero-order valence-corrected chi connectivity index (χ0v) is 14.1. The van der Waals surface area contributed by atoms with E-state index in [1.165, 1.54) is 10.3 Å². The van der Waals surface area contributed by atoms with Gasteiger partial charge in [0.2, 0.25) is 11.8 Å². The van der Waals surface area contributed by atoms with Crippen LogP contribution in [0.4, 0.5) is 10.7 Å². The lowest BCUT2D eigenvalue weighted by atomic mass is 10.0. The molecule has 0 unspecified atom stereocenters. The highest BCUT2D eigenvalue weighted by atomic mass is 35.5. The van der Waals surface area contributed by atoms with Crippen molar-refractivity contribution in [3.8, 4) is 0 Å². The molecule has 1 aliphatic heterocycles. The van der Waals surface area contributed by atoms with Crippen LogP contribution in [-0.4, -0.2) is 24.3 Å². The number of nitrogens with one attached hydrogen (secondary N) is 1. The number of carbonyl (C=O) groups excluding carboxylic acids is 3. The first kappa shape index (κ1) is 16.5. The molecule has 24 heavy (non-hydrogen) atoms. The minimum atomic E-state index is -0.712. The maximum Gasteiger partial charge on any atom is 0.253 e. The number of nitrogens with zero attached hydrogens (tertiary/aromatic N) is 1. The number of nitrogens with two attached hydrogens (primary N) is 1. The molecule has 0 saturated heterocycles. The lowest BCUT2D eigenvalue weighted by Crippen LogP contribution is -2.40. The Morgan fingerprint density at radius 1 is 1.29 bits per heavy atom. The summed E-state index contributed by atoms with van der Waals surface area (Å²) >= 11 is 7.01. The number of rotatable bonds is 4. The average Bonchev–Trinajstić information content (AvgIpc) is 2.90. The molecule has 2 aromatic rings. The van der Waals surface area contributed by atoms with E-state index in [1.807, 2.05) is 24.3 Å². The first-order valence-electron chi connectivity index (χ1n) is 7.22. The van der Waals surface area contributed by atoms with Crippen molar-refractivity contribution in [1.82, 2.24) is 0 Å². The van der Waals surface area contributed by atoms with Crippen LogP contribution >= 0.6 is 22.9 Å². The smallest absolute Gasteiger partial charge is 0.253 e. The van der Waals surface area contributed by atoms with Crippen molar-refractivity contribution in [2.75, 3.05) is 16.8 Å². The number of primary amides is 1. The van der Waals surface area contributed by atoms with E-state index in [1.54, 1.807) is 0 Å². The Balaban J connectivity index is 1.78. The van der Waals surface area contributed by atoms with Gasteiger partial charge in [0.25, 0.3) is 5.91 Å². The summed E-state index contributed by atoms with van der Waals surface area (Å²) in [5.41, 5.74) is 7.12. The predicted octanol–water partition coefficient (Wildman–Crippen LogP) is 2.42. The van der Waals surface area contributed by atoms with E-state index in [0.29, 0.717) is 12.8 Å². The van der Waals surface area contributed by atoms with E-state index in [0.717, 1.165) is 22.6 Å². The molecule has 8 heteroatoms. The molecule has 0 spiro atoms. The second-order valence-corrected chi connectivity index (χ2v) is 6.60. The fourth-order valence-corrected chi connectivity index (χ4v) is 3.86. The highest BCUT2D eigenvalue weighted by Crippen LogP contribution is 2.32. The molecule has 3 rings (SSSR count). The van der Waals surface area contributed by atoms with Crippen LogP contribution in [0.3, 0.4) is 0 Å². The van der Waals surface area contributed by atoms with Gasteiger partial charge in [-0.1, -0.05) is 29.8 Å². The number of carbonyl (C=O) groups is 3. The third kappa shape index (κ3) is 3.13. The fraction of sp³-hybridized carbons (Fsp3) is 0.188. The number of para-hydroxylation sites is 1. The molecule has 0 atom stereocenters. The monoisotopic (exact) mass is 363 g/mol. The SMILES string of the molecule is NC(=O)c1c(Cl)csc1NC(=O)CN1C(=O)CCc2ccccc21. The van der Waals surface area contributed by atoms with Crippen molar-refractivity contribution >= 4 is 51.3 Å². The molecule has 3 amide bonds. The van der Waals surface area contributed by atoms with Gasteiger partial charge >= 0.3 is 0 Å². The maximum atomic E-state index is 12.3. The molecule has 1 aromatic carbocycles. The van der Waals surface area contributed by atoms with E-state index < -0.39 is 11.8 Å². The van der Waals surface area contributed by atoms with Crippen molar-refractivity contribution in [3.63, 3.8) is 0 Å². The van der Waals surface area contributed by atoms with Crippen molar-refractivity contribution in [2.24, 2.45) is 5.73 Å². The van der Waals surface area contributed by atoms with E-state index in [-0.39, 0.29) is 28.0 Å². The van der Waals surface area contributed by atoms with Gasteiger partial charge in [-0.15, -0.1) is 11.3 Å². The molecule has 2 heterocycles. The summed E-state index contributed by atoms with van der Waals surface area (Å²) in [5, 5.41) is 4.62. The number of hydrogen-bond donors (Lipinski definition) is 2. The van der Waals surface area contributed by atoms with Gasteiger partial charge in [-0.2, -0.15) is 0 Å². The third-order valence-electron chi connectivity index (χ3n) is 3.74. The van der Waals surface area contributed by atoms with Crippen LogP contribution in [0.15, 0.2) is 29.6 Å². The number of anilines is 2. The number of halogens is 1. The quantitative estimate of drug-likeness (QED) is 0.873. The highest BCUT2D eigenvalue weighted by Gasteiger charge is 2.26. The number of aryl methyl sites for hydroxylation is 1. The fourth-order valence-electron chi connectivity index (χ4n) is 2.64.